The quantitative estimate of drug-likeness (QED) is 0.621. The molecule has 19 heavy (non-hydrogen) atoms. The number of rotatable bonds is 4. The molecule has 4 heteroatoms. The first-order valence-electron chi connectivity index (χ1n) is 5.71. The van der Waals surface area contributed by atoms with E-state index in [1.54, 1.807) is 24.4 Å². The molecule has 2 aromatic rings. The minimum Gasteiger partial charge on any atom is -0.279 e. The number of hydrogen-bond donors (Lipinski definition) is 1. The Hall–Kier alpha value is -1.77. The Morgan fingerprint density at radius 2 is 1.68 bits per heavy atom. The first-order valence-corrected chi connectivity index (χ1v) is 6.47. The third-order valence-electron chi connectivity index (χ3n) is 2.38. The van der Waals surface area contributed by atoms with Crippen LogP contribution in [-0.2, 0) is 0 Å². The van der Waals surface area contributed by atoms with Crippen molar-refractivity contribution in [2.75, 3.05) is 5.43 Å². The summed E-state index contributed by atoms with van der Waals surface area (Å²) in [5.41, 5.74) is 4.71. The summed E-state index contributed by atoms with van der Waals surface area (Å²) in [7, 11) is 0. The van der Waals surface area contributed by atoms with Crippen LogP contribution < -0.4 is 5.43 Å². The molecule has 1 N–H and O–H groups in total. The predicted molar refractivity (Wildman–Crippen MR) is 83.8 cm³/mol. The topological polar surface area (TPSA) is 24.4 Å². The van der Waals surface area contributed by atoms with Gasteiger partial charge in [0.1, 0.15) is 0 Å². The SMILES string of the molecule is ClC(=CC=NNc1ccc(Cl)cc1)c1ccccc1. The van der Waals surface area contributed by atoms with E-state index < -0.39 is 0 Å². The molecule has 0 aliphatic carbocycles. The van der Waals surface area contributed by atoms with Crippen molar-refractivity contribution in [3.63, 3.8) is 0 Å². The normalized spacial score (nSPS) is 11.8. The smallest absolute Gasteiger partial charge is 0.0562 e. The average molecular weight is 291 g/mol. The van der Waals surface area contributed by atoms with Crippen LogP contribution in [0.3, 0.4) is 0 Å². The van der Waals surface area contributed by atoms with Gasteiger partial charge in [-0.05, 0) is 35.9 Å². The zero-order chi connectivity index (χ0) is 13.5. The molecule has 0 amide bonds. The predicted octanol–water partition coefficient (Wildman–Crippen LogP) is 5.02. The third-order valence-corrected chi connectivity index (χ3v) is 2.98. The van der Waals surface area contributed by atoms with Crippen molar-refractivity contribution < 1.29 is 0 Å². The van der Waals surface area contributed by atoms with Gasteiger partial charge in [0.15, 0.2) is 0 Å². The zero-order valence-corrected chi connectivity index (χ0v) is 11.6. The maximum absolute atomic E-state index is 6.13. The van der Waals surface area contributed by atoms with Crippen LogP contribution in [0.15, 0.2) is 65.8 Å². The number of nitrogens with zero attached hydrogens (tertiary/aromatic N) is 1. The van der Waals surface area contributed by atoms with Crippen LogP contribution >= 0.6 is 23.2 Å². The highest BCUT2D eigenvalue weighted by molar-refractivity contribution is 6.49. The van der Waals surface area contributed by atoms with Gasteiger partial charge in [-0.3, -0.25) is 5.43 Å². The lowest BCUT2D eigenvalue weighted by atomic mass is 10.2. The average Bonchev–Trinajstić information content (AvgIpc) is 2.46. The molecular formula is C15H12Cl2N2. The van der Waals surface area contributed by atoms with E-state index >= 15 is 0 Å². The second-order valence-corrected chi connectivity index (χ2v) is 4.62. The number of allylic oxidation sites excluding steroid dienone is 1. The Bertz CT molecular complexity index is 575. The van der Waals surface area contributed by atoms with E-state index in [-0.39, 0.29) is 0 Å². The summed E-state index contributed by atoms with van der Waals surface area (Å²) in [6, 6.07) is 17.0. The summed E-state index contributed by atoms with van der Waals surface area (Å²) < 4.78 is 0. The second-order valence-electron chi connectivity index (χ2n) is 3.78. The Balaban J connectivity index is 1.94. The summed E-state index contributed by atoms with van der Waals surface area (Å²) in [6.07, 6.45) is 3.35. The third kappa shape index (κ3) is 4.43. The number of hydrogen-bond acceptors (Lipinski definition) is 2. The zero-order valence-electron chi connectivity index (χ0n) is 10.1. The second kappa shape index (κ2) is 6.98. The minimum atomic E-state index is 0.641. The fraction of sp³-hybridized carbons (Fsp3) is 0. The van der Waals surface area contributed by atoms with Crippen molar-refractivity contribution in [3.8, 4) is 0 Å². The van der Waals surface area contributed by atoms with Gasteiger partial charge in [0.05, 0.1) is 5.69 Å². The summed E-state index contributed by atoms with van der Waals surface area (Å²) in [6.45, 7) is 0. The van der Waals surface area contributed by atoms with Crippen LogP contribution in [0.2, 0.25) is 5.02 Å². The molecule has 0 atom stereocenters. The molecular weight excluding hydrogens is 279 g/mol. The number of halogens is 2. The van der Waals surface area contributed by atoms with Gasteiger partial charge in [-0.25, -0.2) is 0 Å². The Morgan fingerprint density at radius 3 is 2.37 bits per heavy atom. The molecule has 0 fully saturated rings. The van der Waals surface area contributed by atoms with Crippen LogP contribution in [0.1, 0.15) is 5.56 Å². The molecule has 2 rings (SSSR count). The fourth-order valence-electron chi connectivity index (χ4n) is 1.43. The van der Waals surface area contributed by atoms with Crippen LogP contribution in [0.25, 0.3) is 5.03 Å². The van der Waals surface area contributed by atoms with E-state index in [0.29, 0.717) is 10.1 Å². The van der Waals surface area contributed by atoms with Crippen molar-refractivity contribution in [3.05, 3.63) is 71.3 Å². The van der Waals surface area contributed by atoms with Crippen molar-refractivity contribution in [2.45, 2.75) is 0 Å². The van der Waals surface area contributed by atoms with Crippen molar-refractivity contribution in [2.24, 2.45) is 5.10 Å². The van der Waals surface area contributed by atoms with Crippen LogP contribution in [-0.4, -0.2) is 6.21 Å². The molecule has 2 aromatic carbocycles. The molecule has 0 saturated carbocycles. The van der Waals surface area contributed by atoms with Gasteiger partial charge in [-0.1, -0.05) is 53.5 Å². The van der Waals surface area contributed by atoms with Crippen molar-refractivity contribution >= 4 is 40.1 Å². The number of anilines is 1. The highest BCUT2D eigenvalue weighted by Crippen LogP contribution is 2.17. The molecule has 0 saturated heterocycles. The maximum Gasteiger partial charge on any atom is 0.0562 e. The van der Waals surface area contributed by atoms with Gasteiger partial charge in [-0.2, -0.15) is 5.10 Å². The lowest BCUT2D eigenvalue weighted by Gasteiger charge is -1.99. The van der Waals surface area contributed by atoms with Crippen LogP contribution in [0.4, 0.5) is 5.69 Å². The minimum absolute atomic E-state index is 0.641. The maximum atomic E-state index is 6.13. The largest absolute Gasteiger partial charge is 0.279 e. The molecule has 0 unspecified atom stereocenters. The van der Waals surface area contributed by atoms with E-state index in [4.69, 9.17) is 23.2 Å². The molecule has 0 bridgehead atoms. The van der Waals surface area contributed by atoms with Crippen LogP contribution in [0.5, 0.6) is 0 Å². The number of benzene rings is 2. The summed E-state index contributed by atoms with van der Waals surface area (Å²) in [5, 5.41) is 5.39. The standard InChI is InChI=1S/C15H12Cl2N2/c16-13-6-8-14(9-7-13)19-18-11-10-15(17)12-4-2-1-3-5-12/h1-11,19H. The van der Waals surface area contributed by atoms with E-state index in [0.717, 1.165) is 11.3 Å². The molecule has 0 aliphatic heterocycles. The molecule has 0 aromatic heterocycles. The highest BCUT2D eigenvalue weighted by Gasteiger charge is 1.93. The lowest BCUT2D eigenvalue weighted by molar-refractivity contribution is 1.36. The van der Waals surface area contributed by atoms with Crippen molar-refractivity contribution in [1.29, 1.82) is 0 Å². The molecule has 0 spiro atoms. The molecule has 0 radical (unpaired) electrons. The van der Waals surface area contributed by atoms with Crippen molar-refractivity contribution in [1.82, 2.24) is 0 Å². The van der Waals surface area contributed by atoms with E-state index in [9.17, 15) is 0 Å². The number of nitrogens with one attached hydrogen (secondary N) is 1. The van der Waals surface area contributed by atoms with Gasteiger partial charge in [-0.15, -0.1) is 0 Å². The molecule has 0 heterocycles. The number of hydrazone groups is 1. The Kier molecular flexibility index (Phi) is 5.01. The highest BCUT2D eigenvalue weighted by atomic mass is 35.5. The summed E-state index contributed by atoms with van der Waals surface area (Å²) >= 11 is 11.9. The monoisotopic (exact) mass is 290 g/mol. The summed E-state index contributed by atoms with van der Waals surface area (Å²) in [5.74, 6) is 0. The van der Waals surface area contributed by atoms with Crippen LogP contribution in [0, 0.1) is 0 Å². The van der Waals surface area contributed by atoms with Gasteiger partial charge >= 0.3 is 0 Å². The molecule has 0 aliphatic rings. The first-order chi connectivity index (χ1) is 9.25. The Labute approximate surface area is 122 Å². The van der Waals surface area contributed by atoms with E-state index in [1.807, 2.05) is 42.5 Å². The van der Waals surface area contributed by atoms with Gasteiger partial charge < -0.3 is 0 Å². The van der Waals surface area contributed by atoms with Gasteiger partial charge in [0.25, 0.3) is 0 Å². The Morgan fingerprint density at radius 1 is 1.00 bits per heavy atom. The van der Waals surface area contributed by atoms with E-state index in [2.05, 4.69) is 10.5 Å². The van der Waals surface area contributed by atoms with Gasteiger partial charge in [0.2, 0.25) is 0 Å². The first kappa shape index (κ1) is 13.7. The molecule has 2 nitrogen and oxygen atoms in total. The summed E-state index contributed by atoms with van der Waals surface area (Å²) in [4.78, 5) is 0. The van der Waals surface area contributed by atoms with E-state index in [1.165, 1.54) is 0 Å². The lowest BCUT2D eigenvalue weighted by Crippen LogP contribution is -1.87. The molecule has 96 valence electrons. The van der Waals surface area contributed by atoms with Gasteiger partial charge in [0, 0.05) is 16.3 Å². The fourth-order valence-corrected chi connectivity index (χ4v) is 1.74.